The Labute approximate surface area is 195 Å². The normalized spacial score (nSPS) is 23.6. The summed E-state index contributed by atoms with van der Waals surface area (Å²) in [6, 6.07) is 5.42. The lowest BCUT2D eigenvalue weighted by Crippen LogP contribution is -2.58. The lowest BCUT2D eigenvalue weighted by Gasteiger charge is -2.46. The van der Waals surface area contributed by atoms with Gasteiger partial charge in [0.25, 0.3) is 0 Å². The molecule has 0 aliphatic heterocycles. The first-order chi connectivity index (χ1) is 15.0. The maximum absolute atomic E-state index is 12.7. The molecule has 4 N–H and O–H groups in total. The molecule has 2 rings (SSSR count). The number of carboxylic acid groups (broad SMARTS) is 1. The molecule has 1 fully saturated rings. The van der Waals surface area contributed by atoms with E-state index in [1.807, 2.05) is 18.2 Å². The summed E-state index contributed by atoms with van der Waals surface area (Å²) in [5.74, 6) is -1.26. The van der Waals surface area contributed by atoms with E-state index in [1.54, 1.807) is 7.11 Å². The Kier molecular flexibility index (Phi) is 9.37. The summed E-state index contributed by atoms with van der Waals surface area (Å²) >= 11 is 6.66. The number of hydrogen-bond acceptors (Lipinski definition) is 4. The van der Waals surface area contributed by atoms with E-state index < -0.39 is 17.5 Å². The number of halogens is 1. The van der Waals surface area contributed by atoms with Crippen LogP contribution in [0.1, 0.15) is 64.0 Å². The van der Waals surface area contributed by atoms with E-state index in [0.29, 0.717) is 24.3 Å². The predicted octanol–water partition coefficient (Wildman–Crippen LogP) is 4.10. The predicted molar refractivity (Wildman–Crippen MR) is 125 cm³/mol. The molecule has 1 aromatic carbocycles. The highest BCUT2D eigenvalue weighted by Gasteiger charge is 2.46. The average molecular weight is 469 g/mol. The van der Waals surface area contributed by atoms with Crippen molar-refractivity contribution < 1.29 is 24.5 Å². The second-order valence-corrected chi connectivity index (χ2v) is 10.3. The number of methoxy groups -OCH3 is 1. The number of carbonyl (C=O) groups excluding carboxylic acids is 1. The Morgan fingerprint density at radius 3 is 2.59 bits per heavy atom. The number of aliphatic carboxylic acids is 1. The molecule has 0 radical (unpaired) electrons. The minimum atomic E-state index is -0.980. The molecule has 0 saturated heterocycles. The van der Waals surface area contributed by atoms with Gasteiger partial charge in [-0.3, -0.25) is 4.79 Å². The van der Waals surface area contributed by atoms with Crippen LogP contribution >= 0.6 is 11.6 Å². The van der Waals surface area contributed by atoms with Crippen molar-refractivity contribution in [1.29, 1.82) is 0 Å². The highest BCUT2D eigenvalue weighted by atomic mass is 35.5. The van der Waals surface area contributed by atoms with Gasteiger partial charge in [0.15, 0.2) is 0 Å². The van der Waals surface area contributed by atoms with Crippen molar-refractivity contribution in [2.45, 2.75) is 70.9 Å². The fourth-order valence-electron chi connectivity index (χ4n) is 4.36. The number of benzene rings is 1. The van der Waals surface area contributed by atoms with Gasteiger partial charge in [-0.15, -0.1) is 0 Å². The van der Waals surface area contributed by atoms with Crippen LogP contribution in [0, 0.1) is 11.3 Å². The summed E-state index contributed by atoms with van der Waals surface area (Å²) in [5.41, 5.74) is 1.25. The Morgan fingerprint density at radius 1 is 1.31 bits per heavy atom. The number of carboxylic acids is 1. The lowest BCUT2D eigenvalue weighted by atomic mass is 9.68. The van der Waals surface area contributed by atoms with E-state index in [1.165, 1.54) is 0 Å². The molecule has 1 aromatic rings. The Morgan fingerprint density at radius 2 is 2.03 bits per heavy atom. The summed E-state index contributed by atoms with van der Waals surface area (Å²) in [6.07, 6.45) is 3.56. The van der Waals surface area contributed by atoms with E-state index in [9.17, 15) is 14.7 Å². The zero-order chi connectivity index (χ0) is 23.9. The smallest absolute Gasteiger partial charge is 0.315 e. The number of aryl methyl sites for hydroxylation is 1. The van der Waals surface area contributed by atoms with Gasteiger partial charge in [-0.05, 0) is 54.7 Å². The first kappa shape index (κ1) is 26.4. The molecule has 2 amide bonds. The molecule has 7 nitrogen and oxygen atoms in total. The molecule has 0 spiro atoms. The third-order valence-electron chi connectivity index (χ3n) is 6.33. The van der Waals surface area contributed by atoms with Crippen LogP contribution in [0.25, 0.3) is 0 Å². The molecule has 0 heterocycles. The number of urea groups is 1. The van der Waals surface area contributed by atoms with Crippen LogP contribution in [0.3, 0.4) is 0 Å². The van der Waals surface area contributed by atoms with E-state index in [-0.39, 0.29) is 37.0 Å². The van der Waals surface area contributed by atoms with E-state index in [2.05, 4.69) is 31.4 Å². The third kappa shape index (κ3) is 7.09. The number of ether oxygens (including phenoxy) is 1. The summed E-state index contributed by atoms with van der Waals surface area (Å²) in [4.78, 5) is 23.5. The zero-order valence-corrected chi connectivity index (χ0v) is 20.3. The Balaban J connectivity index is 2.33. The van der Waals surface area contributed by atoms with Crippen LogP contribution in [0.5, 0.6) is 0 Å². The quantitative estimate of drug-likeness (QED) is 0.436. The van der Waals surface area contributed by atoms with Crippen molar-refractivity contribution in [3.05, 3.63) is 34.3 Å². The number of amides is 2. The monoisotopic (exact) mass is 468 g/mol. The second-order valence-electron chi connectivity index (χ2n) is 9.87. The highest BCUT2D eigenvalue weighted by Crippen LogP contribution is 2.43. The van der Waals surface area contributed by atoms with E-state index in [0.717, 1.165) is 24.0 Å². The van der Waals surface area contributed by atoms with E-state index in [4.69, 9.17) is 21.4 Å². The molecule has 3 atom stereocenters. The molecule has 1 aliphatic rings. The van der Waals surface area contributed by atoms with Gasteiger partial charge in [-0.25, -0.2) is 4.79 Å². The maximum atomic E-state index is 12.7. The fourth-order valence-corrected chi connectivity index (χ4v) is 4.63. The molecule has 8 heteroatoms. The van der Waals surface area contributed by atoms with Gasteiger partial charge in [0, 0.05) is 31.2 Å². The summed E-state index contributed by atoms with van der Waals surface area (Å²) in [7, 11) is 1.65. The molecule has 1 saturated carbocycles. The third-order valence-corrected chi connectivity index (χ3v) is 6.68. The van der Waals surface area contributed by atoms with Crippen LogP contribution in [0.2, 0.25) is 5.02 Å². The van der Waals surface area contributed by atoms with Crippen molar-refractivity contribution >= 4 is 23.6 Å². The van der Waals surface area contributed by atoms with Crippen LogP contribution in [0.4, 0.5) is 4.79 Å². The number of rotatable bonds is 9. The SMILES string of the molecule is COC1CCC(NC(=O)NCCC(=O)O)(c2ccc(CCC(C)(C)C)c(Cl)c2)C(CO)C1. The number of hydrogen-bond donors (Lipinski definition) is 4. The minimum Gasteiger partial charge on any atom is -0.481 e. The van der Waals surface area contributed by atoms with Gasteiger partial charge in [0.05, 0.1) is 18.1 Å². The average Bonchev–Trinajstić information content (AvgIpc) is 2.72. The Hall–Kier alpha value is -1.83. The standard InChI is InChI=1S/C24H37ClN2O5/c1-23(2,3)10-7-16-5-6-17(14-20(16)25)24(27-22(31)26-12-9-21(29)30)11-8-19(32-4)13-18(24)15-28/h5-6,14,18-19,28H,7-13,15H2,1-4H3,(H,29,30)(H2,26,27,31). The van der Waals surface area contributed by atoms with Gasteiger partial charge in [-0.1, -0.05) is 44.5 Å². The Bertz CT molecular complexity index is 795. The molecule has 180 valence electrons. The highest BCUT2D eigenvalue weighted by molar-refractivity contribution is 6.31. The van der Waals surface area contributed by atoms with Gasteiger partial charge in [0.1, 0.15) is 0 Å². The van der Waals surface area contributed by atoms with Crippen LogP contribution in [-0.2, 0) is 21.5 Å². The van der Waals surface area contributed by atoms with Crippen molar-refractivity contribution in [1.82, 2.24) is 10.6 Å². The molecular formula is C24H37ClN2O5. The van der Waals surface area contributed by atoms with Crippen molar-refractivity contribution in [3.63, 3.8) is 0 Å². The van der Waals surface area contributed by atoms with Crippen LogP contribution < -0.4 is 10.6 Å². The largest absolute Gasteiger partial charge is 0.481 e. The van der Waals surface area contributed by atoms with Crippen molar-refractivity contribution in [2.75, 3.05) is 20.3 Å². The van der Waals surface area contributed by atoms with Crippen molar-refractivity contribution in [2.24, 2.45) is 11.3 Å². The molecule has 32 heavy (non-hydrogen) atoms. The first-order valence-electron chi connectivity index (χ1n) is 11.2. The van der Waals surface area contributed by atoms with E-state index >= 15 is 0 Å². The summed E-state index contributed by atoms with van der Waals surface area (Å²) in [5, 5.41) is 25.4. The van der Waals surface area contributed by atoms with Gasteiger partial charge in [-0.2, -0.15) is 0 Å². The molecule has 0 aromatic heterocycles. The number of carbonyl (C=O) groups is 2. The molecular weight excluding hydrogens is 432 g/mol. The lowest BCUT2D eigenvalue weighted by molar-refractivity contribution is -0.136. The second kappa shape index (κ2) is 11.3. The minimum absolute atomic E-state index is 0.00122. The summed E-state index contributed by atoms with van der Waals surface area (Å²) in [6.45, 7) is 6.47. The fraction of sp³-hybridized carbons (Fsp3) is 0.667. The van der Waals surface area contributed by atoms with Crippen molar-refractivity contribution in [3.8, 4) is 0 Å². The summed E-state index contributed by atoms with van der Waals surface area (Å²) < 4.78 is 5.52. The van der Waals surface area contributed by atoms with Crippen LogP contribution in [-0.4, -0.2) is 48.6 Å². The maximum Gasteiger partial charge on any atom is 0.315 e. The molecule has 0 bridgehead atoms. The first-order valence-corrected chi connectivity index (χ1v) is 11.6. The van der Waals surface area contributed by atoms with Gasteiger partial charge >= 0.3 is 12.0 Å². The number of nitrogens with one attached hydrogen (secondary N) is 2. The number of aliphatic hydroxyl groups is 1. The van der Waals surface area contributed by atoms with Gasteiger partial charge in [0.2, 0.25) is 0 Å². The number of aliphatic hydroxyl groups excluding tert-OH is 1. The zero-order valence-electron chi connectivity index (χ0n) is 19.5. The van der Waals surface area contributed by atoms with Gasteiger partial charge < -0.3 is 25.6 Å². The topological polar surface area (TPSA) is 108 Å². The van der Waals surface area contributed by atoms with Crippen LogP contribution in [0.15, 0.2) is 18.2 Å². The molecule has 3 unspecified atom stereocenters. The molecule has 1 aliphatic carbocycles.